The van der Waals surface area contributed by atoms with Crippen LogP contribution in [-0.4, -0.2) is 49.3 Å². The fourth-order valence-corrected chi connectivity index (χ4v) is 2.58. The van der Waals surface area contributed by atoms with Crippen molar-refractivity contribution in [3.63, 3.8) is 0 Å². The smallest absolute Gasteiger partial charge is 0.310 e. The number of ether oxygens (including phenoxy) is 2. The molecule has 23 heavy (non-hydrogen) atoms. The quantitative estimate of drug-likeness (QED) is 0.411. The lowest BCUT2D eigenvalue weighted by Crippen LogP contribution is -2.32. The van der Waals surface area contributed by atoms with Crippen LogP contribution in [0.4, 0.5) is 5.69 Å². The van der Waals surface area contributed by atoms with Crippen molar-refractivity contribution < 1.29 is 14.4 Å². The number of aryl methyl sites for hydroxylation is 1. The maximum Gasteiger partial charge on any atom is 0.310 e. The molecule has 6 nitrogen and oxygen atoms in total. The van der Waals surface area contributed by atoms with Crippen LogP contribution in [0.15, 0.2) is 18.2 Å². The molecule has 0 atom stereocenters. The van der Waals surface area contributed by atoms with E-state index in [1.54, 1.807) is 12.1 Å². The number of nitro benzene ring substituents is 1. The van der Waals surface area contributed by atoms with E-state index in [2.05, 4.69) is 4.90 Å². The SMILES string of the molecule is Cc1ccc([N+](=O)[O-])c(OCCOCCN2CCCCC2)c1.Cl. The van der Waals surface area contributed by atoms with Crippen molar-refractivity contribution in [3.8, 4) is 5.75 Å². The molecule has 0 amide bonds. The summed E-state index contributed by atoms with van der Waals surface area (Å²) in [6.45, 7) is 6.60. The number of likely N-dealkylation sites (tertiary alicyclic amines) is 1. The van der Waals surface area contributed by atoms with E-state index in [0.717, 1.165) is 25.2 Å². The molecule has 1 aliphatic heterocycles. The largest absolute Gasteiger partial charge is 0.484 e. The predicted octanol–water partition coefficient (Wildman–Crippen LogP) is 3.21. The van der Waals surface area contributed by atoms with Crippen molar-refractivity contribution in [2.24, 2.45) is 0 Å². The average Bonchev–Trinajstić information content (AvgIpc) is 2.51. The minimum Gasteiger partial charge on any atom is -0.484 e. The van der Waals surface area contributed by atoms with Crippen LogP contribution in [0.3, 0.4) is 0 Å². The Morgan fingerprint density at radius 3 is 2.61 bits per heavy atom. The topological polar surface area (TPSA) is 64.8 Å². The van der Waals surface area contributed by atoms with E-state index in [1.807, 2.05) is 6.92 Å². The first-order chi connectivity index (χ1) is 10.7. The first-order valence-electron chi connectivity index (χ1n) is 7.85. The monoisotopic (exact) mass is 344 g/mol. The number of nitro groups is 1. The van der Waals surface area contributed by atoms with Gasteiger partial charge in [0.15, 0.2) is 5.75 Å². The van der Waals surface area contributed by atoms with Gasteiger partial charge in [0.1, 0.15) is 6.61 Å². The lowest BCUT2D eigenvalue weighted by molar-refractivity contribution is -0.385. The zero-order valence-electron chi connectivity index (χ0n) is 13.5. The number of piperidine rings is 1. The lowest BCUT2D eigenvalue weighted by atomic mass is 10.1. The molecule has 0 saturated carbocycles. The second kappa shape index (κ2) is 10.4. The van der Waals surface area contributed by atoms with Crippen molar-refractivity contribution in [2.75, 3.05) is 39.5 Å². The van der Waals surface area contributed by atoms with Gasteiger partial charge in [0.05, 0.1) is 18.1 Å². The Balaban J connectivity index is 0.00000264. The third-order valence-electron chi connectivity index (χ3n) is 3.80. The molecule has 0 spiro atoms. The summed E-state index contributed by atoms with van der Waals surface area (Å²) in [5.41, 5.74) is 0.936. The minimum absolute atomic E-state index is 0. The molecule has 1 aromatic rings. The zero-order valence-corrected chi connectivity index (χ0v) is 14.3. The van der Waals surface area contributed by atoms with Gasteiger partial charge in [-0.1, -0.05) is 12.5 Å². The van der Waals surface area contributed by atoms with Crippen LogP contribution < -0.4 is 4.74 Å². The molecule has 0 aliphatic carbocycles. The Bertz CT molecular complexity index is 493. The van der Waals surface area contributed by atoms with Crippen LogP contribution >= 0.6 is 12.4 Å². The number of benzene rings is 1. The van der Waals surface area contributed by atoms with Gasteiger partial charge >= 0.3 is 5.69 Å². The third kappa shape index (κ3) is 6.72. The van der Waals surface area contributed by atoms with Gasteiger partial charge in [-0.05, 0) is 44.5 Å². The second-order valence-electron chi connectivity index (χ2n) is 5.59. The van der Waals surface area contributed by atoms with Crippen molar-refractivity contribution >= 4 is 18.1 Å². The summed E-state index contributed by atoms with van der Waals surface area (Å²) in [4.78, 5) is 12.9. The predicted molar refractivity (Wildman–Crippen MR) is 91.7 cm³/mol. The molecular formula is C16H25ClN2O4. The number of halogens is 1. The van der Waals surface area contributed by atoms with Crippen LogP contribution in [0, 0.1) is 17.0 Å². The first kappa shape index (κ1) is 19.7. The summed E-state index contributed by atoms with van der Waals surface area (Å²) < 4.78 is 11.0. The molecule has 1 saturated heterocycles. The summed E-state index contributed by atoms with van der Waals surface area (Å²) in [5.74, 6) is 0.310. The highest BCUT2D eigenvalue weighted by atomic mass is 35.5. The van der Waals surface area contributed by atoms with E-state index in [1.165, 1.54) is 25.3 Å². The van der Waals surface area contributed by atoms with Crippen LogP contribution in [0.1, 0.15) is 24.8 Å². The van der Waals surface area contributed by atoms with Gasteiger partial charge < -0.3 is 14.4 Å². The highest BCUT2D eigenvalue weighted by Gasteiger charge is 2.14. The molecule has 2 rings (SSSR count). The van der Waals surface area contributed by atoms with Gasteiger partial charge in [-0.2, -0.15) is 0 Å². The van der Waals surface area contributed by atoms with Crippen molar-refractivity contribution in [1.29, 1.82) is 0 Å². The zero-order chi connectivity index (χ0) is 15.8. The van der Waals surface area contributed by atoms with Gasteiger partial charge in [-0.25, -0.2) is 0 Å². The Morgan fingerprint density at radius 2 is 1.91 bits per heavy atom. The normalized spacial score (nSPS) is 15.0. The van der Waals surface area contributed by atoms with Crippen LogP contribution in [-0.2, 0) is 4.74 Å². The lowest BCUT2D eigenvalue weighted by Gasteiger charge is -2.26. The summed E-state index contributed by atoms with van der Waals surface area (Å²) in [5, 5.41) is 10.9. The van der Waals surface area contributed by atoms with Crippen LogP contribution in [0.2, 0.25) is 0 Å². The number of nitrogens with zero attached hydrogens (tertiary/aromatic N) is 2. The standard InChI is InChI=1S/C16H24N2O4.ClH/c1-14-5-6-15(18(19)20)16(13-14)22-12-11-21-10-9-17-7-3-2-4-8-17;/h5-6,13H,2-4,7-12H2,1H3;1H. The number of rotatable bonds is 8. The van der Waals surface area contributed by atoms with E-state index < -0.39 is 4.92 Å². The van der Waals surface area contributed by atoms with E-state index >= 15 is 0 Å². The Morgan fingerprint density at radius 1 is 1.17 bits per heavy atom. The van der Waals surface area contributed by atoms with Gasteiger partial charge in [-0.15, -0.1) is 12.4 Å². The Kier molecular flexibility index (Phi) is 8.91. The molecule has 1 heterocycles. The Labute approximate surface area is 143 Å². The second-order valence-corrected chi connectivity index (χ2v) is 5.59. The molecule has 0 radical (unpaired) electrons. The van der Waals surface area contributed by atoms with Crippen molar-refractivity contribution in [2.45, 2.75) is 26.2 Å². The molecule has 1 aliphatic rings. The molecular weight excluding hydrogens is 320 g/mol. The summed E-state index contributed by atoms with van der Waals surface area (Å²) in [7, 11) is 0. The highest BCUT2D eigenvalue weighted by Crippen LogP contribution is 2.27. The summed E-state index contributed by atoms with van der Waals surface area (Å²) in [6.07, 6.45) is 3.89. The maximum absolute atomic E-state index is 10.9. The third-order valence-corrected chi connectivity index (χ3v) is 3.80. The fourth-order valence-electron chi connectivity index (χ4n) is 2.58. The Hall–Kier alpha value is -1.37. The number of hydrogen-bond donors (Lipinski definition) is 0. The molecule has 0 bridgehead atoms. The fraction of sp³-hybridized carbons (Fsp3) is 0.625. The summed E-state index contributed by atoms with van der Waals surface area (Å²) >= 11 is 0. The van der Waals surface area contributed by atoms with E-state index in [-0.39, 0.29) is 18.1 Å². The van der Waals surface area contributed by atoms with E-state index in [4.69, 9.17) is 9.47 Å². The van der Waals surface area contributed by atoms with Crippen molar-refractivity contribution in [3.05, 3.63) is 33.9 Å². The van der Waals surface area contributed by atoms with Gasteiger partial charge in [-0.3, -0.25) is 10.1 Å². The molecule has 130 valence electrons. The highest BCUT2D eigenvalue weighted by molar-refractivity contribution is 5.85. The average molecular weight is 345 g/mol. The molecule has 7 heteroatoms. The van der Waals surface area contributed by atoms with Gasteiger partial charge in [0, 0.05) is 12.6 Å². The molecule has 0 N–H and O–H groups in total. The first-order valence-corrected chi connectivity index (χ1v) is 7.85. The number of hydrogen-bond acceptors (Lipinski definition) is 5. The van der Waals surface area contributed by atoms with E-state index in [0.29, 0.717) is 25.6 Å². The molecule has 1 fully saturated rings. The van der Waals surface area contributed by atoms with E-state index in [9.17, 15) is 10.1 Å². The van der Waals surface area contributed by atoms with Crippen molar-refractivity contribution in [1.82, 2.24) is 4.90 Å². The maximum atomic E-state index is 10.9. The van der Waals surface area contributed by atoms with Gasteiger partial charge in [0.25, 0.3) is 0 Å². The molecule has 0 unspecified atom stereocenters. The van der Waals surface area contributed by atoms with Crippen LogP contribution in [0.25, 0.3) is 0 Å². The molecule has 0 aromatic heterocycles. The van der Waals surface area contributed by atoms with Crippen LogP contribution in [0.5, 0.6) is 5.75 Å². The minimum atomic E-state index is -0.425. The van der Waals surface area contributed by atoms with Gasteiger partial charge in [0.2, 0.25) is 0 Å². The summed E-state index contributed by atoms with van der Waals surface area (Å²) in [6, 6.07) is 4.87. The molecule has 1 aromatic carbocycles.